The van der Waals surface area contributed by atoms with Crippen LogP contribution in [0.25, 0.3) is 37.0 Å². The van der Waals surface area contributed by atoms with Gasteiger partial charge in [-0.15, -0.1) is 17.9 Å². The molecule has 2 saturated heterocycles. The van der Waals surface area contributed by atoms with E-state index >= 15 is 4.39 Å². The van der Waals surface area contributed by atoms with Crippen LogP contribution < -0.4 is 20.1 Å². The van der Waals surface area contributed by atoms with E-state index in [9.17, 15) is 8.78 Å². The summed E-state index contributed by atoms with van der Waals surface area (Å²) in [5.74, 6) is -1.11. The summed E-state index contributed by atoms with van der Waals surface area (Å²) >= 11 is 7.90. The van der Waals surface area contributed by atoms with Crippen LogP contribution in [0.4, 0.5) is 29.7 Å². The zero-order valence-corrected chi connectivity index (χ0v) is 26.2. The molecule has 1 aliphatic carbocycles. The Bertz CT molecular complexity index is 2050. The Morgan fingerprint density at radius 3 is 2.85 bits per heavy atom. The van der Waals surface area contributed by atoms with E-state index in [0.29, 0.717) is 0 Å². The molecule has 1 saturated carbocycles. The van der Waals surface area contributed by atoms with Gasteiger partial charge in [0.05, 0.1) is 44.3 Å². The molecule has 0 radical (unpaired) electrons. The van der Waals surface area contributed by atoms with E-state index in [1.807, 2.05) is 0 Å². The van der Waals surface area contributed by atoms with Crippen molar-refractivity contribution >= 4 is 60.4 Å². The van der Waals surface area contributed by atoms with Gasteiger partial charge in [-0.1, -0.05) is 35.9 Å². The van der Waals surface area contributed by atoms with Crippen LogP contribution >= 0.6 is 22.9 Å². The Morgan fingerprint density at radius 1 is 1.30 bits per heavy atom. The third kappa shape index (κ3) is 4.21. The van der Waals surface area contributed by atoms with Crippen molar-refractivity contribution in [2.45, 2.75) is 49.5 Å². The highest BCUT2D eigenvalue weighted by Crippen LogP contribution is 2.54. The summed E-state index contributed by atoms with van der Waals surface area (Å²) in [5.41, 5.74) is 6.86. The van der Waals surface area contributed by atoms with E-state index in [-0.39, 0.29) is 90.6 Å². The molecule has 5 heterocycles. The number of anilines is 2. The molecule has 8 rings (SSSR count). The average Bonchev–Trinajstić information content (AvgIpc) is 3.34. The van der Waals surface area contributed by atoms with Gasteiger partial charge in [-0.2, -0.15) is 9.97 Å². The van der Waals surface area contributed by atoms with Crippen LogP contribution in [0.2, 0.25) is 5.02 Å². The van der Waals surface area contributed by atoms with E-state index in [0.717, 1.165) is 49.3 Å². The van der Waals surface area contributed by atoms with E-state index in [1.54, 1.807) is 11.0 Å². The molecule has 4 aliphatic rings. The normalized spacial score (nSPS) is 25.4. The maximum atomic E-state index is 17.1. The Morgan fingerprint density at radius 2 is 2.11 bits per heavy atom. The number of rotatable bonds is 6. The number of thiophene rings is 1. The second-order valence-corrected chi connectivity index (χ2v) is 13.8. The van der Waals surface area contributed by atoms with Gasteiger partial charge in [0.2, 0.25) is 5.69 Å². The maximum Gasteiger partial charge on any atom is 0.319 e. The molecule has 3 aliphatic heterocycles. The molecule has 0 spiro atoms. The summed E-state index contributed by atoms with van der Waals surface area (Å²) in [6.45, 7) is 17.9. The molecule has 4 atom stereocenters. The Labute approximate surface area is 271 Å². The maximum absolute atomic E-state index is 17.1. The smallest absolute Gasteiger partial charge is 0.319 e. The topological polar surface area (TPSA) is 81.1 Å². The summed E-state index contributed by atoms with van der Waals surface area (Å²) in [4.78, 5) is 17.0. The first kappa shape index (κ1) is 29.4. The number of benzene rings is 2. The second kappa shape index (κ2) is 10.5. The fraction of sp³-hybridized carbons (Fsp3) is 0.364. The number of halogens is 4. The summed E-state index contributed by atoms with van der Waals surface area (Å²) in [6, 6.07) is 1.44. The van der Waals surface area contributed by atoms with Gasteiger partial charge in [0.1, 0.15) is 36.5 Å². The SMILES string of the molecule is [C-]#[N+]c1c(N)sc2c(F)ccc(-c3c(Cl)c4c5c(nc(OC[C@@]67CCCN6CC(=C)C7)nc5c3F)N(C3CC3F)C(C=C)CO4)c12. The lowest BCUT2D eigenvalue weighted by Crippen LogP contribution is -2.43. The molecule has 3 fully saturated rings. The van der Waals surface area contributed by atoms with Gasteiger partial charge < -0.3 is 20.1 Å². The van der Waals surface area contributed by atoms with Crippen LogP contribution in [0.15, 0.2) is 36.9 Å². The highest BCUT2D eigenvalue weighted by atomic mass is 35.5. The second-order valence-electron chi connectivity index (χ2n) is 12.4. The number of nitrogen functional groups attached to an aromatic ring is 1. The van der Waals surface area contributed by atoms with E-state index in [2.05, 4.69) is 27.9 Å². The lowest BCUT2D eigenvalue weighted by Gasteiger charge is -2.31. The fourth-order valence-corrected chi connectivity index (χ4v) is 8.70. The van der Waals surface area contributed by atoms with Gasteiger partial charge in [-0.3, -0.25) is 4.90 Å². The zero-order chi connectivity index (χ0) is 32.1. The van der Waals surface area contributed by atoms with Crippen molar-refractivity contribution < 1.29 is 22.6 Å². The van der Waals surface area contributed by atoms with Crippen LogP contribution in [-0.2, 0) is 0 Å². The fourth-order valence-electron chi connectivity index (χ4n) is 7.43. The summed E-state index contributed by atoms with van der Waals surface area (Å²) < 4.78 is 59.4. The third-order valence-corrected chi connectivity index (χ3v) is 11.0. The molecule has 4 aromatic rings. The number of hydrogen-bond acceptors (Lipinski definition) is 8. The van der Waals surface area contributed by atoms with Gasteiger partial charge in [0.15, 0.2) is 11.6 Å². The molecule has 236 valence electrons. The highest BCUT2D eigenvalue weighted by Gasteiger charge is 2.49. The van der Waals surface area contributed by atoms with Gasteiger partial charge in [-0.05, 0) is 37.4 Å². The predicted molar refractivity (Wildman–Crippen MR) is 174 cm³/mol. The van der Waals surface area contributed by atoms with Crippen molar-refractivity contribution in [3.05, 3.63) is 65.0 Å². The lowest BCUT2D eigenvalue weighted by molar-refractivity contribution is 0.108. The standard InChI is InChI=1S/C33H28ClF3N6O2S/c1-4-16-13-44-28-23-26(25(37)21(24(28)34)17-6-7-18(35)29-22(17)27(39-3)30(38)46-29)40-32(41-31(23)43(16)20-10-19(20)36)45-14-33-8-5-9-42(33)12-15(2)11-33/h4,6-7,16,19-20H,1-2,5,8-14,38H2/t16?,19?,20?,33-/m0/s1. The molecule has 2 N–H and O–H groups in total. The van der Waals surface area contributed by atoms with Crippen molar-refractivity contribution in [3.8, 4) is 22.9 Å². The van der Waals surface area contributed by atoms with E-state index < -0.39 is 29.9 Å². The summed E-state index contributed by atoms with van der Waals surface area (Å²) in [6.07, 6.45) is 3.51. The monoisotopic (exact) mass is 664 g/mol. The molecule has 46 heavy (non-hydrogen) atoms. The van der Waals surface area contributed by atoms with Crippen molar-refractivity contribution in [1.29, 1.82) is 0 Å². The van der Waals surface area contributed by atoms with E-state index in [4.69, 9.17) is 38.4 Å². The predicted octanol–water partition coefficient (Wildman–Crippen LogP) is 7.61. The van der Waals surface area contributed by atoms with Crippen LogP contribution in [0, 0.1) is 18.2 Å². The number of nitrogens with zero attached hydrogens (tertiary/aromatic N) is 5. The summed E-state index contributed by atoms with van der Waals surface area (Å²) in [5, 5.41) is 0.313. The van der Waals surface area contributed by atoms with Crippen molar-refractivity contribution in [2.24, 2.45) is 0 Å². The minimum Gasteiger partial charge on any atom is -0.489 e. The largest absolute Gasteiger partial charge is 0.489 e. The number of hydrogen-bond donors (Lipinski definition) is 1. The van der Waals surface area contributed by atoms with E-state index in [1.165, 1.54) is 12.1 Å². The number of fused-ring (bicyclic) bond motifs is 2. The molecular formula is C33H28ClF3N6O2S. The van der Waals surface area contributed by atoms with Crippen molar-refractivity contribution in [1.82, 2.24) is 14.9 Å². The van der Waals surface area contributed by atoms with Crippen molar-refractivity contribution in [2.75, 3.05) is 36.9 Å². The molecule has 0 bridgehead atoms. The molecule has 3 unspecified atom stereocenters. The lowest BCUT2D eigenvalue weighted by atomic mass is 9.94. The van der Waals surface area contributed by atoms with Crippen molar-refractivity contribution in [3.63, 3.8) is 0 Å². The Balaban J connectivity index is 1.37. The molecule has 0 amide bonds. The van der Waals surface area contributed by atoms with Crippen LogP contribution in [0.1, 0.15) is 25.7 Å². The van der Waals surface area contributed by atoms with Gasteiger partial charge >= 0.3 is 6.01 Å². The number of ether oxygens (including phenoxy) is 2. The van der Waals surface area contributed by atoms with Gasteiger partial charge in [0, 0.05) is 23.9 Å². The first-order valence-corrected chi connectivity index (χ1v) is 16.2. The zero-order valence-electron chi connectivity index (χ0n) is 24.6. The molecule has 2 aromatic carbocycles. The summed E-state index contributed by atoms with van der Waals surface area (Å²) in [7, 11) is 0. The minimum absolute atomic E-state index is 0.00314. The molecule has 13 heteroatoms. The molecular weight excluding hydrogens is 637 g/mol. The quantitative estimate of drug-likeness (QED) is 0.168. The molecule has 8 nitrogen and oxygen atoms in total. The third-order valence-electron chi connectivity index (χ3n) is 9.63. The van der Waals surface area contributed by atoms with Gasteiger partial charge in [-0.25, -0.2) is 18.0 Å². The van der Waals surface area contributed by atoms with Gasteiger partial charge in [0.25, 0.3) is 0 Å². The Hall–Kier alpha value is -4.05. The van der Waals surface area contributed by atoms with Crippen LogP contribution in [0.5, 0.6) is 11.8 Å². The number of nitrogens with two attached hydrogens (primary N) is 1. The highest BCUT2D eigenvalue weighted by molar-refractivity contribution is 7.23. The van der Waals surface area contributed by atoms with Crippen LogP contribution in [-0.4, -0.2) is 65.0 Å². The minimum atomic E-state index is -1.11. The van der Waals surface area contributed by atoms with Crippen LogP contribution in [0.3, 0.4) is 0 Å². The first-order valence-electron chi connectivity index (χ1n) is 15.0. The number of alkyl halides is 1. The Kier molecular flexibility index (Phi) is 6.69. The number of aromatic nitrogens is 2. The molecule has 2 aromatic heterocycles. The average molecular weight is 665 g/mol. The first-order chi connectivity index (χ1) is 22.2.